The van der Waals surface area contributed by atoms with Crippen LogP contribution in [0.15, 0.2) is 11.6 Å². The SMILES string of the molecule is CN(C)S(=O)(=O)N1CCC(C(=O)NCC2=CCCCC2)CC1. The van der Waals surface area contributed by atoms with Crippen molar-refractivity contribution in [2.75, 3.05) is 33.7 Å². The van der Waals surface area contributed by atoms with Crippen molar-refractivity contribution in [3.63, 3.8) is 0 Å². The van der Waals surface area contributed by atoms with Crippen LogP contribution >= 0.6 is 0 Å². The molecule has 1 aliphatic heterocycles. The molecule has 6 nitrogen and oxygen atoms in total. The van der Waals surface area contributed by atoms with Crippen LogP contribution in [0.5, 0.6) is 0 Å². The second-order valence-electron chi connectivity index (χ2n) is 6.29. The molecule has 22 heavy (non-hydrogen) atoms. The first-order valence-electron chi connectivity index (χ1n) is 8.04. The Morgan fingerprint density at radius 1 is 1.32 bits per heavy atom. The van der Waals surface area contributed by atoms with Gasteiger partial charge in [0.05, 0.1) is 0 Å². The molecular formula is C15H27N3O3S. The average molecular weight is 329 g/mol. The lowest BCUT2D eigenvalue weighted by atomic mass is 9.96. The molecule has 0 radical (unpaired) electrons. The Balaban J connectivity index is 1.79. The second-order valence-corrected chi connectivity index (χ2v) is 8.43. The number of nitrogens with zero attached hydrogens (tertiary/aromatic N) is 2. The minimum absolute atomic E-state index is 0.0633. The number of hydrogen-bond acceptors (Lipinski definition) is 3. The third-order valence-electron chi connectivity index (χ3n) is 4.49. The minimum atomic E-state index is -3.35. The van der Waals surface area contributed by atoms with Crippen molar-refractivity contribution in [3.8, 4) is 0 Å². The highest BCUT2D eigenvalue weighted by Crippen LogP contribution is 2.21. The van der Waals surface area contributed by atoms with E-state index in [1.165, 1.54) is 41.1 Å². The van der Waals surface area contributed by atoms with Crippen molar-refractivity contribution in [1.82, 2.24) is 13.9 Å². The third-order valence-corrected chi connectivity index (χ3v) is 6.43. The first kappa shape index (κ1) is 17.4. The molecule has 7 heteroatoms. The molecule has 0 aromatic rings. The number of hydrogen-bond donors (Lipinski definition) is 1. The van der Waals surface area contributed by atoms with Crippen LogP contribution in [-0.2, 0) is 15.0 Å². The number of allylic oxidation sites excluding steroid dienone is 1. The predicted molar refractivity (Wildman–Crippen MR) is 86.5 cm³/mol. The molecule has 0 bridgehead atoms. The van der Waals surface area contributed by atoms with Gasteiger partial charge in [-0.1, -0.05) is 11.6 Å². The maximum absolute atomic E-state index is 12.2. The Bertz CT molecular complexity index is 520. The lowest BCUT2D eigenvalue weighted by molar-refractivity contribution is -0.125. The van der Waals surface area contributed by atoms with E-state index < -0.39 is 10.2 Å². The summed E-state index contributed by atoms with van der Waals surface area (Å²) in [7, 11) is -0.285. The van der Waals surface area contributed by atoms with Crippen LogP contribution in [0.2, 0.25) is 0 Å². The number of amides is 1. The number of carbonyl (C=O) groups is 1. The standard InChI is InChI=1S/C15H27N3O3S/c1-17(2)22(20,21)18-10-8-14(9-11-18)15(19)16-12-13-6-4-3-5-7-13/h6,14H,3-5,7-12H2,1-2H3,(H,16,19). The maximum Gasteiger partial charge on any atom is 0.281 e. The number of carbonyl (C=O) groups excluding carboxylic acids is 1. The van der Waals surface area contributed by atoms with E-state index in [2.05, 4.69) is 11.4 Å². The van der Waals surface area contributed by atoms with Gasteiger partial charge in [0.15, 0.2) is 0 Å². The van der Waals surface area contributed by atoms with Gasteiger partial charge in [-0.3, -0.25) is 4.79 Å². The Labute approximate surface area is 133 Å². The van der Waals surface area contributed by atoms with E-state index in [0.717, 1.165) is 12.8 Å². The molecule has 0 aromatic carbocycles. The highest BCUT2D eigenvalue weighted by atomic mass is 32.2. The van der Waals surface area contributed by atoms with Crippen molar-refractivity contribution < 1.29 is 13.2 Å². The summed E-state index contributed by atoms with van der Waals surface area (Å²) >= 11 is 0. The maximum atomic E-state index is 12.2. The smallest absolute Gasteiger partial charge is 0.281 e. The molecule has 1 heterocycles. The summed E-state index contributed by atoms with van der Waals surface area (Å²) in [6, 6.07) is 0. The van der Waals surface area contributed by atoms with Crippen molar-refractivity contribution in [2.24, 2.45) is 5.92 Å². The van der Waals surface area contributed by atoms with Gasteiger partial charge in [-0.15, -0.1) is 0 Å². The van der Waals surface area contributed by atoms with Crippen molar-refractivity contribution in [2.45, 2.75) is 38.5 Å². The summed E-state index contributed by atoms with van der Waals surface area (Å²) in [6.45, 7) is 1.48. The van der Waals surface area contributed by atoms with Crippen LogP contribution in [0.25, 0.3) is 0 Å². The zero-order chi connectivity index (χ0) is 16.2. The third kappa shape index (κ3) is 4.30. The molecule has 0 spiro atoms. The lowest BCUT2D eigenvalue weighted by Crippen LogP contribution is -2.47. The topological polar surface area (TPSA) is 69.7 Å². The Morgan fingerprint density at radius 3 is 2.55 bits per heavy atom. The molecule has 1 fully saturated rings. The fraction of sp³-hybridized carbons (Fsp3) is 0.800. The molecule has 1 saturated heterocycles. The zero-order valence-electron chi connectivity index (χ0n) is 13.5. The molecule has 2 rings (SSSR count). The first-order valence-corrected chi connectivity index (χ1v) is 9.44. The van der Waals surface area contributed by atoms with Gasteiger partial charge >= 0.3 is 0 Å². The Kier molecular flexibility index (Phi) is 6.00. The summed E-state index contributed by atoms with van der Waals surface area (Å²) in [6.07, 6.45) is 8.08. The van der Waals surface area contributed by atoms with Crippen molar-refractivity contribution in [1.29, 1.82) is 0 Å². The van der Waals surface area contributed by atoms with E-state index in [1.54, 1.807) is 0 Å². The van der Waals surface area contributed by atoms with Crippen LogP contribution in [0, 0.1) is 5.92 Å². The van der Waals surface area contributed by atoms with Crippen LogP contribution in [-0.4, -0.2) is 56.7 Å². The molecule has 126 valence electrons. The summed E-state index contributed by atoms with van der Waals surface area (Å²) in [5, 5.41) is 3.01. The van der Waals surface area contributed by atoms with Gasteiger partial charge in [0.1, 0.15) is 0 Å². The summed E-state index contributed by atoms with van der Waals surface area (Å²) in [4.78, 5) is 12.2. The van der Waals surface area contributed by atoms with E-state index >= 15 is 0 Å². The van der Waals surface area contributed by atoms with Gasteiger partial charge in [0, 0.05) is 39.6 Å². The Morgan fingerprint density at radius 2 is 2.00 bits per heavy atom. The van der Waals surface area contributed by atoms with Crippen LogP contribution in [0.4, 0.5) is 0 Å². The molecule has 1 aliphatic carbocycles. The monoisotopic (exact) mass is 329 g/mol. The molecule has 0 atom stereocenters. The second kappa shape index (κ2) is 7.57. The van der Waals surface area contributed by atoms with Gasteiger partial charge in [-0.2, -0.15) is 17.0 Å². The molecular weight excluding hydrogens is 302 g/mol. The summed E-state index contributed by atoms with van der Waals surface area (Å²) in [5.41, 5.74) is 1.33. The van der Waals surface area contributed by atoms with E-state index in [0.29, 0.717) is 32.5 Å². The van der Waals surface area contributed by atoms with Gasteiger partial charge in [-0.05, 0) is 38.5 Å². The van der Waals surface area contributed by atoms with Gasteiger partial charge in [0.2, 0.25) is 5.91 Å². The first-order chi connectivity index (χ1) is 10.4. The van der Waals surface area contributed by atoms with Gasteiger partial charge < -0.3 is 5.32 Å². The Hall–Kier alpha value is -0.920. The van der Waals surface area contributed by atoms with Crippen LogP contribution in [0.3, 0.4) is 0 Å². The normalized spacial score (nSPS) is 21.7. The largest absolute Gasteiger partial charge is 0.352 e. The predicted octanol–water partition coefficient (Wildman–Crippen LogP) is 1.12. The average Bonchev–Trinajstić information content (AvgIpc) is 2.53. The summed E-state index contributed by atoms with van der Waals surface area (Å²) in [5.74, 6) is -0.00817. The van der Waals surface area contributed by atoms with Gasteiger partial charge in [0.25, 0.3) is 10.2 Å². The number of rotatable bonds is 5. The van der Waals surface area contributed by atoms with Crippen molar-refractivity contribution in [3.05, 3.63) is 11.6 Å². The van der Waals surface area contributed by atoms with E-state index in [4.69, 9.17) is 0 Å². The van der Waals surface area contributed by atoms with Crippen LogP contribution < -0.4 is 5.32 Å². The molecule has 1 N–H and O–H groups in total. The highest BCUT2D eigenvalue weighted by Gasteiger charge is 2.32. The molecule has 0 aromatic heterocycles. The number of piperidine rings is 1. The minimum Gasteiger partial charge on any atom is -0.352 e. The number of nitrogens with one attached hydrogen (secondary N) is 1. The molecule has 1 amide bonds. The fourth-order valence-corrected chi connectivity index (χ4v) is 4.12. The fourth-order valence-electron chi connectivity index (χ4n) is 2.99. The molecule has 2 aliphatic rings. The highest BCUT2D eigenvalue weighted by molar-refractivity contribution is 7.86. The van der Waals surface area contributed by atoms with Crippen LogP contribution in [0.1, 0.15) is 38.5 Å². The quantitative estimate of drug-likeness (QED) is 0.769. The zero-order valence-corrected chi connectivity index (χ0v) is 14.4. The molecule has 0 unspecified atom stereocenters. The molecule has 0 saturated carbocycles. The summed E-state index contributed by atoms with van der Waals surface area (Å²) < 4.78 is 26.8. The van der Waals surface area contributed by atoms with Crippen molar-refractivity contribution >= 4 is 16.1 Å². The van der Waals surface area contributed by atoms with E-state index in [9.17, 15) is 13.2 Å². The van der Waals surface area contributed by atoms with Gasteiger partial charge in [-0.25, -0.2) is 0 Å². The van der Waals surface area contributed by atoms with E-state index in [1.807, 2.05) is 0 Å². The van der Waals surface area contributed by atoms with E-state index in [-0.39, 0.29) is 11.8 Å². The lowest BCUT2D eigenvalue weighted by Gasteiger charge is -2.32.